The molecular weight excluding hydrogens is 230 g/mol. The fourth-order valence-electron chi connectivity index (χ4n) is 1.96. The molecule has 1 rings (SSSR count). The van der Waals surface area contributed by atoms with Crippen LogP contribution in [-0.4, -0.2) is 35.5 Å². The monoisotopic (exact) mass is 253 g/mol. The first-order chi connectivity index (χ1) is 8.19. The van der Waals surface area contributed by atoms with Crippen LogP contribution in [-0.2, 0) is 9.53 Å². The largest absolute Gasteiger partial charge is 0.444 e. The maximum Gasteiger partial charge on any atom is 0.410 e. The molecule has 18 heavy (non-hydrogen) atoms. The van der Waals surface area contributed by atoms with Gasteiger partial charge in [0.2, 0.25) is 0 Å². The van der Waals surface area contributed by atoms with Gasteiger partial charge in [-0.05, 0) is 34.1 Å². The van der Waals surface area contributed by atoms with Crippen LogP contribution < -0.4 is 0 Å². The lowest BCUT2D eigenvalue weighted by Crippen LogP contribution is -2.35. The first-order valence-electron chi connectivity index (χ1n) is 6.34. The van der Waals surface area contributed by atoms with Crippen molar-refractivity contribution in [3.8, 4) is 0 Å². The summed E-state index contributed by atoms with van der Waals surface area (Å²) in [5.74, 6) is 0.114. The molecule has 1 heterocycles. The van der Waals surface area contributed by atoms with E-state index in [0.29, 0.717) is 19.5 Å². The predicted molar refractivity (Wildman–Crippen MR) is 70.4 cm³/mol. The number of carbonyl (C=O) groups excluding carboxylic acids is 2. The number of hydrogen-bond donors (Lipinski definition) is 0. The third-order valence-corrected chi connectivity index (χ3v) is 2.77. The van der Waals surface area contributed by atoms with Crippen LogP contribution >= 0.6 is 0 Å². The number of hydrogen-bond acceptors (Lipinski definition) is 3. The van der Waals surface area contributed by atoms with E-state index in [-0.39, 0.29) is 17.8 Å². The Labute approximate surface area is 109 Å². The van der Waals surface area contributed by atoms with Crippen LogP contribution in [0.1, 0.15) is 40.5 Å². The molecule has 1 atom stereocenters. The number of ketones is 1. The summed E-state index contributed by atoms with van der Waals surface area (Å²) in [5, 5.41) is 0. The molecule has 1 aliphatic heterocycles. The summed E-state index contributed by atoms with van der Waals surface area (Å²) in [7, 11) is 0. The molecule has 0 spiro atoms. The van der Waals surface area contributed by atoms with Crippen LogP contribution in [0, 0.1) is 5.92 Å². The van der Waals surface area contributed by atoms with E-state index in [1.54, 1.807) is 4.90 Å². The van der Waals surface area contributed by atoms with E-state index in [9.17, 15) is 9.59 Å². The fraction of sp³-hybridized carbons (Fsp3) is 0.714. The van der Waals surface area contributed by atoms with Crippen molar-refractivity contribution >= 4 is 11.9 Å². The standard InChI is InChI=1S/C14H23NO3/c1-10(2)8-12(16)11-6-7-15(9-11)13(17)18-14(3,4)5/h11H,1,6-9H2,2-5H3. The average Bonchev–Trinajstić information content (AvgIpc) is 2.61. The molecule has 0 radical (unpaired) electrons. The second-order valence-corrected chi connectivity index (χ2v) is 6.01. The lowest BCUT2D eigenvalue weighted by atomic mass is 9.98. The minimum absolute atomic E-state index is 0.0609. The quantitative estimate of drug-likeness (QED) is 0.727. The van der Waals surface area contributed by atoms with E-state index in [0.717, 1.165) is 12.0 Å². The van der Waals surface area contributed by atoms with Gasteiger partial charge in [0.25, 0.3) is 0 Å². The highest BCUT2D eigenvalue weighted by molar-refractivity contribution is 5.84. The highest BCUT2D eigenvalue weighted by atomic mass is 16.6. The fourth-order valence-corrected chi connectivity index (χ4v) is 1.96. The topological polar surface area (TPSA) is 46.6 Å². The molecule has 1 saturated heterocycles. The zero-order chi connectivity index (χ0) is 13.9. The van der Waals surface area contributed by atoms with Gasteiger partial charge in [-0.1, -0.05) is 12.2 Å². The maximum absolute atomic E-state index is 11.9. The van der Waals surface area contributed by atoms with E-state index in [4.69, 9.17) is 4.74 Å². The number of nitrogens with zero attached hydrogens (tertiary/aromatic N) is 1. The van der Waals surface area contributed by atoms with Gasteiger partial charge in [-0.3, -0.25) is 4.79 Å². The first-order valence-corrected chi connectivity index (χ1v) is 6.34. The summed E-state index contributed by atoms with van der Waals surface area (Å²) in [5.41, 5.74) is 0.382. The van der Waals surface area contributed by atoms with E-state index in [1.807, 2.05) is 27.7 Å². The molecule has 0 N–H and O–H groups in total. The van der Waals surface area contributed by atoms with Gasteiger partial charge in [-0.2, -0.15) is 0 Å². The highest BCUT2D eigenvalue weighted by Gasteiger charge is 2.32. The van der Waals surface area contributed by atoms with Crippen molar-refractivity contribution < 1.29 is 14.3 Å². The van der Waals surface area contributed by atoms with Gasteiger partial charge < -0.3 is 9.64 Å². The minimum Gasteiger partial charge on any atom is -0.444 e. The second-order valence-electron chi connectivity index (χ2n) is 6.01. The van der Waals surface area contributed by atoms with Gasteiger partial charge in [-0.15, -0.1) is 0 Å². The Morgan fingerprint density at radius 2 is 2.00 bits per heavy atom. The normalized spacial score (nSPS) is 19.8. The number of rotatable bonds is 3. The van der Waals surface area contributed by atoms with Gasteiger partial charge in [0, 0.05) is 25.4 Å². The van der Waals surface area contributed by atoms with Crippen LogP contribution in [0.3, 0.4) is 0 Å². The van der Waals surface area contributed by atoms with Crippen molar-refractivity contribution in [2.45, 2.75) is 46.1 Å². The molecule has 1 fully saturated rings. The Hall–Kier alpha value is -1.32. The van der Waals surface area contributed by atoms with Crippen LogP contribution in [0.5, 0.6) is 0 Å². The predicted octanol–water partition coefficient (Wildman–Crippen LogP) is 2.78. The molecule has 1 amide bonds. The Balaban J connectivity index is 2.48. The van der Waals surface area contributed by atoms with Crippen molar-refractivity contribution in [3.63, 3.8) is 0 Å². The minimum atomic E-state index is -0.489. The average molecular weight is 253 g/mol. The number of amides is 1. The van der Waals surface area contributed by atoms with Gasteiger partial charge in [-0.25, -0.2) is 4.79 Å². The second kappa shape index (κ2) is 5.55. The summed E-state index contributed by atoms with van der Waals surface area (Å²) < 4.78 is 5.29. The van der Waals surface area contributed by atoms with Gasteiger partial charge >= 0.3 is 6.09 Å². The number of ether oxygens (including phenoxy) is 1. The smallest absolute Gasteiger partial charge is 0.410 e. The van der Waals surface area contributed by atoms with Crippen LogP contribution in [0.4, 0.5) is 4.79 Å². The van der Waals surface area contributed by atoms with Crippen LogP contribution in [0.25, 0.3) is 0 Å². The highest BCUT2D eigenvalue weighted by Crippen LogP contribution is 2.22. The molecule has 0 aliphatic carbocycles. The molecule has 1 unspecified atom stereocenters. The third-order valence-electron chi connectivity index (χ3n) is 2.77. The van der Waals surface area contributed by atoms with E-state index < -0.39 is 5.60 Å². The van der Waals surface area contributed by atoms with E-state index in [2.05, 4.69) is 6.58 Å². The lowest BCUT2D eigenvalue weighted by Gasteiger charge is -2.24. The van der Waals surface area contributed by atoms with Crippen molar-refractivity contribution in [1.29, 1.82) is 0 Å². The van der Waals surface area contributed by atoms with Crippen molar-refractivity contribution in [2.75, 3.05) is 13.1 Å². The molecule has 0 saturated carbocycles. The number of allylic oxidation sites excluding steroid dienone is 1. The SMILES string of the molecule is C=C(C)CC(=O)C1CCN(C(=O)OC(C)(C)C)C1. The van der Waals surface area contributed by atoms with Gasteiger partial charge in [0.1, 0.15) is 11.4 Å². The maximum atomic E-state index is 11.9. The Bertz CT molecular complexity index is 355. The van der Waals surface area contributed by atoms with Crippen molar-refractivity contribution in [2.24, 2.45) is 5.92 Å². The number of carbonyl (C=O) groups is 2. The third kappa shape index (κ3) is 4.51. The zero-order valence-corrected chi connectivity index (χ0v) is 11.8. The van der Waals surface area contributed by atoms with Crippen molar-refractivity contribution in [1.82, 2.24) is 4.90 Å². The van der Waals surface area contributed by atoms with E-state index >= 15 is 0 Å². The molecule has 0 aromatic rings. The summed E-state index contributed by atoms with van der Waals surface area (Å²) in [4.78, 5) is 25.3. The summed E-state index contributed by atoms with van der Waals surface area (Å²) >= 11 is 0. The molecule has 0 aromatic carbocycles. The van der Waals surface area contributed by atoms with Gasteiger partial charge in [0.05, 0.1) is 0 Å². The molecule has 0 aromatic heterocycles. The molecule has 1 aliphatic rings. The summed E-state index contributed by atoms with van der Waals surface area (Å²) in [6.45, 7) is 12.2. The first kappa shape index (κ1) is 14.7. The Morgan fingerprint density at radius 3 is 2.50 bits per heavy atom. The van der Waals surface area contributed by atoms with E-state index in [1.165, 1.54) is 0 Å². The van der Waals surface area contributed by atoms with Crippen LogP contribution in [0.15, 0.2) is 12.2 Å². The lowest BCUT2D eigenvalue weighted by molar-refractivity contribution is -0.121. The molecule has 0 bridgehead atoms. The number of likely N-dealkylation sites (tertiary alicyclic amines) is 1. The zero-order valence-electron chi connectivity index (χ0n) is 11.8. The molecule has 4 heteroatoms. The Kier molecular flexibility index (Phi) is 4.54. The summed E-state index contributed by atoms with van der Waals surface area (Å²) in [6.07, 6.45) is 0.811. The Morgan fingerprint density at radius 1 is 1.39 bits per heavy atom. The summed E-state index contributed by atoms with van der Waals surface area (Å²) in [6, 6.07) is 0. The van der Waals surface area contributed by atoms with Crippen molar-refractivity contribution in [3.05, 3.63) is 12.2 Å². The molecule has 102 valence electrons. The van der Waals surface area contributed by atoms with Crippen LogP contribution in [0.2, 0.25) is 0 Å². The number of Topliss-reactive ketones (excluding diaryl/α,β-unsaturated/α-hetero) is 1. The molecule has 4 nitrogen and oxygen atoms in total. The molecular formula is C14H23NO3. The van der Waals surface area contributed by atoms with Gasteiger partial charge in [0.15, 0.2) is 0 Å².